The molecule has 0 aromatic heterocycles. The van der Waals surface area contributed by atoms with Crippen molar-refractivity contribution in [2.75, 3.05) is 6.54 Å². The minimum atomic E-state index is 0.0609. The third-order valence-electron chi connectivity index (χ3n) is 5.74. The number of hydrogen-bond donors (Lipinski definition) is 2. The molecule has 0 aliphatic heterocycles. The van der Waals surface area contributed by atoms with Crippen molar-refractivity contribution in [1.82, 2.24) is 0 Å². The molecule has 4 heteroatoms. The van der Waals surface area contributed by atoms with Crippen LogP contribution in [-0.4, -0.2) is 35.2 Å². The predicted octanol–water partition coefficient (Wildman–Crippen LogP) is 7.32. The summed E-state index contributed by atoms with van der Waals surface area (Å²) in [5.74, 6) is 0.479. The Morgan fingerprint density at radius 3 is 1.75 bits per heavy atom. The number of aliphatic imine (C=N–C) groups is 2. The van der Waals surface area contributed by atoms with Gasteiger partial charge in [-0.2, -0.15) is 0 Å². The van der Waals surface area contributed by atoms with Gasteiger partial charge < -0.3 is 10.2 Å². The number of nitrogens with zero attached hydrogens (tertiary/aromatic N) is 2. The molecule has 2 rings (SSSR count). The molecular formula is C28H40N2O2. The monoisotopic (exact) mass is 436 g/mol. The number of benzene rings is 2. The van der Waals surface area contributed by atoms with Crippen LogP contribution >= 0.6 is 0 Å². The summed E-state index contributed by atoms with van der Waals surface area (Å²) >= 11 is 0. The van der Waals surface area contributed by atoms with E-state index in [2.05, 4.69) is 11.9 Å². The van der Waals surface area contributed by atoms with E-state index in [9.17, 15) is 10.2 Å². The molecule has 0 saturated carbocycles. The van der Waals surface area contributed by atoms with E-state index < -0.39 is 0 Å². The molecule has 32 heavy (non-hydrogen) atoms. The molecule has 1 unspecified atom stereocenters. The van der Waals surface area contributed by atoms with Crippen LogP contribution in [0.4, 0.5) is 0 Å². The van der Waals surface area contributed by atoms with Crippen LogP contribution in [0.2, 0.25) is 0 Å². The van der Waals surface area contributed by atoms with Crippen LogP contribution in [0.15, 0.2) is 58.5 Å². The lowest BCUT2D eigenvalue weighted by Crippen LogP contribution is -2.10. The highest BCUT2D eigenvalue weighted by Crippen LogP contribution is 2.17. The zero-order chi connectivity index (χ0) is 22.9. The Morgan fingerprint density at radius 1 is 0.688 bits per heavy atom. The average Bonchev–Trinajstić information content (AvgIpc) is 2.80. The van der Waals surface area contributed by atoms with Gasteiger partial charge in [0, 0.05) is 23.6 Å². The minimum absolute atomic E-state index is 0.0609. The molecule has 0 radical (unpaired) electrons. The van der Waals surface area contributed by atoms with E-state index in [4.69, 9.17) is 4.99 Å². The number of unbranched alkanes of at least 4 members (excludes halogenated alkanes) is 9. The van der Waals surface area contributed by atoms with Gasteiger partial charge in [-0.1, -0.05) is 95.4 Å². The first-order valence-electron chi connectivity index (χ1n) is 12.3. The SMILES string of the molecule is CCCCCCCCCCCCC(CN=Cc1ccccc1O)N=Cc1ccccc1O. The molecule has 4 nitrogen and oxygen atoms in total. The quantitative estimate of drug-likeness (QED) is 0.214. The predicted molar refractivity (Wildman–Crippen MR) is 137 cm³/mol. The van der Waals surface area contributed by atoms with E-state index in [1.54, 1.807) is 30.6 Å². The number of phenols is 2. The second kappa shape index (κ2) is 16.1. The first-order valence-corrected chi connectivity index (χ1v) is 12.3. The second-order valence-corrected chi connectivity index (χ2v) is 8.51. The molecule has 2 aromatic carbocycles. The highest BCUT2D eigenvalue weighted by molar-refractivity contribution is 5.84. The van der Waals surface area contributed by atoms with E-state index in [1.807, 2.05) is 30.3 Å². The van der Waals surface area contributed by atoms with E-state index in [-0.39, 0.29) is 17.5 Å². The van der Waals surface area contributed by atoms with Gasteiger partial charge in [-0.3, -0.25) is 9.98 Å². The van der Waals surface area contributed by atoms with Crippen LogP contribution < -0.4 is 0 Å². The normalized spacial score (nSPS) is 12.7. The topological polar surface area (TPSA) is 65.2 Å². The van der Waals surface area contributed by atoms with E-state index in [0.717, 1.165) is 24.0 Å². The van der Waals surface area contributed by atoms with Gasteiger partial charge in [-0.15, -0.1) is 0 Å². The number of phenolic OH excluding ortho intramolecular Hbond substituents is 2. The number of hydrogen-bond acceptors (Lipinski definition) is 4. The molecule has 0 aliphatic carbocycles. The van der Waals surface area contributed by atoms with Gasteiger partial charge in [-0.05, 0) is 30.7 Å². The molecule has 0 aliphatic rings. The Bertz CT molecular complexity index is 817. The van der Waals surface area contributed by atoms with Gasteiger partial charge in [0.1, 0.15) is 11.5 Å². The van der Waals surface area contributed by atoms with Crippen molar-refractivity contribution in [3.05, 3.63) is 59.7 Å². The molecule has 0 fully saturated rings. The zero-order valence-corrected chi connectivity index (χ0v) is 19.6. The summed E-state index contributed by atoms with van der Waals surface area (Å²) in [5.41, 5.74) is 1.44. The summed E-state index contributed by atoms with van der Waals surface area (Å²) in [5, 5.41) is 19.9. The fourth-order valence-electron chi connectivity index (χ4n) is 3.73. The van der Waals surface area contributed by atoms with Crippen LogP contribution in [0, 0.1) is 0 Å². The fraction of sp³-hybridized carbons (Fsp3) is 0.500. The maximum Gasteiger partial charge on any atom is 0.124 e. The second-order valence-electron chi connectivity index (χ2n) is 8.51. The van der Waals surface area contributed by atoms with Gasteiger partial charge in [0.15, 0.2) is 0 Å². The van der Waals surface area contributed by atoms with Gasteiger partial charge in [0.05, 0.1) is 12.6 Å². The Morgan fingerprint density at radius 2 is 1.19 bits per heavy atom. The summed E-state index contributed by atoms with van der Waals surface area (Å²) in [4.78, 5) is 9.26. The van der Waals surface area contributed by atoms with Crippen molar-refractivity contribution in [2.45, 2.75) is 83.6 Å². The number of aromatic hydroxyl groups is 2. The largest absolute Gasteiger partial charge is 0.507 e. The molecule has 174 valence electrons. The lowest BCUT2D eigenvalue weighted by atomic mass is 10.0. The molecule has 0 spiro atoms. The standard InChI is InChI=1S/C28H40N2O2/c1-2-3-4-5-6-7-8-9-10-11-18-26(30-22-25-17-13-15-20-28(25)32)23-29-21-24-16-12-14-19-27(24)31/h12-17,19-22,26,31-32H,2-11,18,23H2,1H3. The third kappa shape index (κ3) is 10.6. The van der Waals surface area contributed by atoms with Crippen molar-refractivity contribution in [2.24, 2.45) is 9.98 Å². The van der Waals surface area contributed by atoms with Crippen molar-refractivity contribution in [3.8, 4) is 11.5 Å². The lowest BCUT2D eigenvalue weighted by Gasteiger charge is -2.10. The van der Waals surface area contributed by atoms with Crippen molar-refractivity contribution < 1.29 is 10.2 Å². The molecule has 0 bridgehead atoms. The Labute approximate surface area is 194 Å². The van der Waals surface area contributed by atoms with Crippen LogP contribution in [-0.2, 0) is 0 Å². The summed E-state index contributed by atoms with van der Waals surface area (Å²) in [6.45, 7) is 2.83. The first-order chi connectivity index (χ1) is 15.7. The molecule has 0 amide bonds. The molecule has 1 atom stereocenters. The average molecular weight is 437 g/mol. The van der Waals surface area contributed by atoms with E-state index in [1.165, 1.54) is 57.8 Å². The summed E-state index contributed by atoms with van der Waals surface area (Å²) in [7, 11) is 0. The number of rotatable bonds is 16. The summed E-state index contributed by atoms with van der Waals surface area (Å²) in [6, 6.07) is 14.5. The van der Waals surface area contributed by atoms with Crippen molar-refractivity contribution in [1.29, 1.82) is 0 Å². The molecule has 0 heterocycles. The maximum atomic E-state index is 9.99. The van der Waals surface area contributed by atoms with Gasteiger partial charge >= 0.3 is 0 Å². The van der Waals surface area contributed by atoms with Crippen LogP contribution in [0.1, 0.15) is 88.7 Å². The number of para-hydroxylation sites is 2. The molecule has 2 aromatic rings. The van der Waals surface area contributed by atoms with Gasteiger partial charge in [-0.25, -0.2) is 0 Å². The molecule has 0 saturated heterocycles. The smallest absolute Gasteiger partial charge is 0.124 e. The summed E-state index contributed by atoms with van der Waals surface area (Å²) in [6.07, 6.45) is 17.6. The van der Waals surface area contributed by atoms with Crippen LogP contribution in [0.3, 0.4) is 0 Å². The first kappa shape index (κ1) is 25.6. The fourth-order valence-corrected chi connectivity index (χ4v) is 3.73. The zero-order valence-electron chi connectivity index (χ0n) is 19.6. The van der Waals surface area contributed by atoms with Crippen LogP contribution in [0.5, 0.6) is 11.5 Å². The highest BCUT2D eigenvalue weighted by atomic mass is 16.3. The highest BCUT2D eigenvalue weighted by Gasteiger charge is 2.06. The Balaban J connectivity index is 1.80. The van der Waals surface area contributed by atoms with Crippen molar-refractivity contribution >= 4 is 12.4 Å². The van der Waals surface area contributed by atoms with Gasteiger partial charge in [0.25, 0.3) is 0 Å². The maximum absolute atomic E-state index is 9.99. The third-order valence-corrected chi connectivity index (χ3v) is 5.74. The van der Waals surface area contributed by atoms with E-state index in [0.29, 0.717) is 6.54 Å². The van der Waals surface area contributed by atoms with Crippen LogP contribution in [0.25, 0.3) is 0 Å². The summed E-state index contributed by atoms with van der Waals surface area (Å²) < 4.78 is 0. The van der Waals surface area contributed by atoms with Crippen molar-refractivity contribution in [3.63, 3.8) is 0 Å². The Kier molecular flexibility index (Phi) is 12.9. The minimum Gasteiger partial charge on any atom is -0.507 e. The Hall–Kier alpha value is -2.62. The lowest BCUT2D eigenvalue weighted by molar-refractivity contribution is 0.473. The van der Waals surface area contributed by atoms with Gasteiger partial charge in [0.2, 0.25) is 0 Å². The van der Waals surface area contributed by atoms with E-state index >= 15 is 0 Å². The molecule has 2 N–H and O–H groups in total. The molecular weight excluding hydrogens is 396 g/mol.